The lowest BCUT2D eigenvalue weighted by molar-refractivity contribution is 0.476. The first kappa shape index (κ1) is 15.7. The molecule has 128 valence electrons. The second-order valence-corrected chi connectivity index (χ2v) is 7.75. The molecule has 0 saturated heterocycles. The Morgan fingerprint density at radius 3 is 2.88 bits per heavy atom. The Morgan fingerprint density at radius 2 is 2.04 bits per heavy atom. The minimum absolute atomic E-state index is 0.125. The van der Waals surface area contributed by atoms with Gasteiger partial charge in [0.15, 0.2) is 0 Å². The summed E-state index contributed by atoms with van der Waals surface area (Å²) in [4.78, 5) is 19.4. The number of phenols is 1. The number of aryl methyl sites for hydroxylation is 1. The first-order chi connectivity index (χ1) is 11.7. The first-order valence-corrected chi connectivity index (χ1v) is 9.41. The highest BCUT2D eigenvalue weighted by atomic mass is 16.3. The summed E-state index contributed by atoms with van der Waals surface area (Å²) >= 11 is 0. The second-order valence-electron chi connectivity index (χ2n) is 7.75. The number of hydrogen-bond donors (Lipinski definition) is 2. The Morgan fingerprint density at radius 1 is 1.17 bits per heavy atom. The molecule has 0 aliphatic heterocycles. The summed E-state index contributed by atoms with van der Waals surface area (Å²) < 4.78 is 0. The highest BCUT2D eigenvalue weighted by molar-refractivity contribution is 5.75. The van der Waals surface area contributed by atoms with Crippen molar-refractivity contribution in [2.75, 3.05) is 0 Å². The summed E-state index contributed by atoms with van der Waals surface area (Å²) in [5, 5.41) is 9.46. The van der Waals surface area contributed by atoms with E-state index < -0.39 is 0 Å². The molecular formula is C20H26N2O2. The maximum Gasteiger partial charge on any atom is 0.270 e. The minimum Gasteiger partial charge on any atom is -0.508 e. The Labute approximate surface area is 142 Å². The number of phenolic OH excluding ortho intramolecular Hbond substituents is 1. The van der Waals surface area contributed by atoms with Crippen molar-refractivity contribution in [3.8, 4) is 5.75 Å². The predicted molar refractivity (Wildman–Crippen MR) is 95.1 cm³/mol. The lowest BCUT2D eigenvalue weighted by atomic mass is 10.1. The Kier molecular flexibility index (Phi) is 4.30. The zero-order chi connectivity index (χ0) is 16.5. The van der Waals surface area contributed by atoms with Gasteiger partial charge in [0.05, 0.1) is 11.0 Å². The van der Waals surface area contributed by atoms with E-state index in [9.17, 15) is 9.90 Å². The van der Waals surface area contributed by atoms with Crippen molar-refractivity contribution in [1.29, 1.82) is 0 Å². The van der Waals surface area contributed by atoms with Crippen LogP contribution in [0.25, 0.3) is 11.0 Å². The van der Waals surface area contributed by atoms with Gasteiger partial charge in [0.2, 0.25) is 0 Å². The molecule has 4 rings (SSSR count). The molecule has 2 N–H and O–H groups in total. The Bertz CT molecular complexity index is 779. The number of rotatable bonds is 8. The van der Waals surface area contributed by atoms with Crippen LogP contribution in [0.3, 0.4) is 0 Å². The first-order valence-electron chi connectivity index (χ1n) is 9.41. The van der Waals surface area contributed by atoms with Gasteiger partial charge in [-0.25, -0.2) is 4.98 Å². The van der Waals surface area contributed by atoms with Crippen molar-refractivity contribution < 1.29 is 5.11 Å². The molecule has 0 spiro atoms. The van der Waals surface area contributed by atoms with E-state index in [1.807, 2.05) is 0 Å². The maximum atomic E-state index is 12.1. The van der Waals surface area contributed by atoms with Crippen LogP contribution >= 0.6 is 0 Å². The number of aromatic hydroxyl groups is 1. The lowest BCUT2D eigenvalue weighted by Gasteiger charge is -2.04. The summed E-state index contributed by atoms with van der Waals surface area (Å²) in [6.45, 7) is 0. The molecule has 2 atom stereocenters. The van der Waals surface area contributed by atoms with Crippen LogP contribution in [0.1, 0.15) is 57.1 Å². The van der Waals surface area contributed by atoms with Crippen LogP contribution in [0.15, 0.2) is 23.0 Å². The predicted octanol–water partition coefficient (Wildman–Crippen LogP) is 4.17. The zero-order valence-corrected chi connectivity index (χ0v) is 14.1. The van der Waals surface area contributed by atoms with Gasteiger partial charge in [0, 0.05) is 6.07 Å². The molecule has 0 bridgehead atoms. The van der Waals surface area contributed by atoms with Gasteiger partial charge in [-0.1, -0.05) is 32.1 Å². The third-order valence-corrected chi connectivity index (χ3v) is 5.64. The number of hydrogen-bond acceptors (Lipinski definition) is 3. The van der Waals surface area contributed by atoms with Crippen LogP contribution in [-0.4, -0.2) is 15.1 Å². The molecule has 1 aromatic heterocycles. The van der Waals surface area contributed by atoms with Crippen LogP contribution in [-0.2, 0) is 6.42 Å². The van der Waals surface area contributed by atoms with Crippen molar-refractivity contribution in [3.63, 3.8) is 0 Å². The highest BCUT2D eigenvalue weighted by Crippen LogP contribution is 2.50. The summed E-state index contributed by atoms with van der Waals surface area (Å²) in [6.07, 6.45) is 11.5. The second kappa shape index (κ2) is 6.58. The van der Waals surface area contributed by atoms with Crippen LogP contribution in [0.2, 0.25) is 0 Å². The van der Waals surface area contributed by atoms with Crippen LogP contribution in [0.5, 0.6) is 5.75 Å². The molecule has 4 nitrogen and oxygen atoms in total. The van der Waals surface area contributed by atoms with E-state index >= 15 is 0 Å². The standard InChI is InChI=1S/C20H26N2O2/c23-16-8-9-17-19(12-16)22-20(24)18(21-17)5-3-1-2-4-14-11-15(14)10-13-6-7-13/h8-9,12-15,23H,1-7,10-11H2,(H,22,24)/t14-,15?/m1/s1. The van der Waals surface area contributed by atoms with Gasteiger partial charge in [-0.2, -0.15) is 0 Å². The Balaban J connectivity index is 1.22. The summed E-state index contributed by atoms with van der Waals surface area (Å²) in [7, 11) is 0. The fraction of sp³-hybridized carbons (Fsp3) is 0.600. The molecule has 1 heterocycles. The third kappa shape index (κ3) is 3.80. The van der Waals surface area contributed by atoms with Crippen molar-refractivity contribution in [3.05, 3.63) is 34.2 Å². The fourth-order valence-corrected chi connectivity index (χ4v) is 3.89. The van der Waals surface area contributed by atoms with Crippen molar-refractivity contribution in [2.45, 2.75) is 57.8 Å². The number of H-pyrrole nitrogens is 1. The normalized spacial score (nSPS) is 22.8. The highest BCUT2D eigenvalue weighted by Gasteiger charge is 2.39. The maximum absolute atomic E-state index is 12.1. The van der Waals surface area contributed by atoms with E-state index in [1.165, 1.54) is 44.9 Å². The number of benzene rings is 1. The van der Waals surface area contributed by atoms with Gasteiger partial charge in [-0.15, -0.1) is 0 Å². The molecule has 2 saturated carbocycles. The summed E-state index contributed by atoms with van der Waals surface area (Å²) in [5.74, 6) is 3.26. The van der Waals surface area contributed by atoms with E-state index in [0.29, 0.717) is 11.2 Å². The summed E-state index contributed by atoms with van der Waals surface area (Å²) in [6, 6.07) is 4.89. The van der Waals surface area contributed by atoms with E-state index in [0.717, 1.165) is 36.1 Å². The number of aromatic nitrogens is 2. The average Bonchev–Trinajstić information content (AvgIpc) is 3.47. The molecule has 2 fully saturated rings. The van der Waals surface area contributed by atoms with Gasteiger partial charge in [0.25, 0.3) is 5.56 Å². The fourth-order valence-electron chi connectivity index (χ4n) is 3.89. The molecular weight excluding hydrogens is 300 g/mol. The summed E-state index contributed by atoms with van der Waals surface area (Å²) in [5.41, 5.74) is 1.83. The molecule has 1 aromatic carbocycles. The number of fused-ring (bicyclic) bond motifs is 1. The van der Waals surface area contributed by atoms with Crippen molar-refractivity contribution in [1.82, 2.24) is 9.97 Å². The zero-order valence-electron chi connectivity index (χ0n) is 14.1. The molecule has 2 aromatic rings. The Hall–Kier alpha value is -1.84. The van der Waals surface area contributed by atoms with E-state index in [-0.39, 0.29) is 11.3 Å². The number of aromatic amines is 1. The molecule has 0 radical (unpaired) electrons. The van der Waals surface area contributed by atoms with Gasteiger partial charge >= 0.3 is 0 Å². The van der Waals surface area contributed by atoms with Gasteiger partial charge in [0.1, 0.15) is 11.4 Å². The largest absolute Gasteiger partial charge is 0.508 e. The lowest BCUT2D eigenvalue weighted by Crippen LogP contribution is -2.15. The van der Waals surface area contributed by atoms with Crippen molar-refractivity contribution in [2.24, 2.45) is 17.8 Å². The molecule has 0 amide bonds. The van der Waals surface area contributed by atoms with E-state index in [1.54, 1.807) is 18.2 Å². The smallest absolute Gasteiger partial charge is 0.270 e. The van der Waals surface area contributed by atoms with Gasteiger partial charge in [-0.05, 0) is 55.6 Å². The monoisotopic (exact) mass is 326 g/mol. The topological polar surface area (TPSA) is 66.0 Å². The molecule has 24 heavy (non-hydrogen) atoms. The SMILES string of the molecule is O=c1[nH]c2cc(O)ccc2nc1CCCCC[C@@H]1CC1CC1CC1. The van der Waals surface area contributed by atoms with Crippen LogP contribution < -0.4 is 5.56 Å². The number of nitrogens with one attached hydrogen (secondary N) is 1. The van der Waals surface area contributed by atoms with Gasteiger partial charge in [-0.3, -0.25) is 4.79 Å². The molecule has 4 heteroatoms. The van der Waals surface area contributed by atoms with E-state index in [2.05, 4.69) is 9.97 Å². The average molecular weight is 326 g/mol. The number of nitrogens with zero attached hydrogens (tertiary/aromatic N) is 1. The third-order valence-electron chi connectivity index (χ3n) is 5.64. The quantitative estimate of drug-likeness (QED) is 0.716. The molecule has 2 aliphatic carbocycles. The molecule has 2 aliphatic rings. The van der Waals surface area contributed by atoms with E-state index in [4.69, 9.17) is 0 Å². The van der Waals surface area contributed by atoms with Crippen LogP contribution in [0.4, 0.5) is 0 Å². The van der Waals surface area contributed by atoms with Crippen LogP contribution in [0, 0.1) is 17.8 Å². The molecule has 1 unspecified atom stereocenters. The number of unbranched alkanes of at least 4 members (excludes halogenated alkanes) is 2. The van der Waals surface area contributed by atoms with Crippen molar-refractivity contribution >= 4 is 11.0 Å². The van der Waals surface area contributed by atoms with Gasteiger partial charge < -0.3 is 10.1 Å². The minimum atomic E-state index is -0.125.